The molecule has 2 rings (SSSR count). The van der Waals surface area contributed by atoms with E-state index in [1.807, 2.05) is 0 Å². The second-order valence-electron chi connectivity index (χ2n) is 3.56. The van der Waals surface area contributed by atoms with E-state index < -0.39 is 18.5 Å². The minimum Gasteiger partial charge on any atom is -0.486 e. The fourth-order valence-corrected chi connectivity index (χ4v) is 1.45. The summed E-state index contributed by atoms with van der Waals surface area (Å²) < 4.78 is 10.7. The number of hydrogen-bond acceptors (Lipinski definition) is 4. The van der Waals surface area contributed by atoms with Gasteiger partial charge in [-0.25, -0.2) is 4.79 Å². The Morgan fingerprint density at radius 2 is 1.94 bits per heavy atom. The Kier molecular flexibility index (Phi) is 3.52. The van der Waals surface area contributed by atoms with E-state index in [-0.39, 0.29) is 0 Å². The highest BCUT2D eigenvalue weighted by Crippen LogP contribution is 2.32. The van der Waals surface area contributed by atoms with Gasteiger partial charge in [-0.1, -0.05) is 0 Å². The van der Waals surface area contributed by atoms with E-state index in [0.29, 0.717) is 30.4 Å². The van der Waals surface area contributed by atoms with Crippen LogP contribution in [0.2, 0.25) is 0 Å². The van der Waals surface area contributed by atoms with Crippen molar-refractivity contribution in [2.24, 2.45) is 0 Å². The molecule has 1 aromatic rings. The van der Waals surface area contributed by atoms with Crippen LogP contribution in [0.25, 0.3) is 0 Å². The standard InChI is InChI=1S/C11H12N2O5/c14-10(15)6-12-11(16)13-7-1-2-8-9(5-7)18-4-3-17-8/h1-2,5H,3-4,6H2,(H,14,15)(H2,12,13,16). The number of ether oxygens (including phenoxy) is 2. The minimum absolute atomic E-state index is 0.434. The van der Waals surface area contributed by atoms with Crippen LogP contribution in [-0.2, 0) is 4.79 Å². The number of carbonyl (C=O) groups is 2. The molecular weight excluding hydrogens is 240 g/mol. The lowest BCUT2D eigenvalue weighted by atomic mass is 10.2. The van der Waals surface area contributed by atoms with E-state index in [1.165, 1.54) is 0 Å². The second-order valence-corrected chi connectivity index (χ2v) is 3.56. The molecule has 1 aliphatic rings. The van der Waals surface area contributed by atoms with Crippen molar-refractivity contribution in [2.45, 2.75) is 0 Å². The van der Waals surface area contributed by atoms with Crippen LogP contribution in [0.4, 0.5) is 10.5 Å². The predicted octanol–water partition coefficient (Wildman–Crippen LogP) is 0.664. The molecule has 0 fully saturated rings. The Bertz CT molecular complexity index is 475. The van der Waals surface area contributed by atoms with Gasteiger partial charge in [0.2, 0.25) is 0 Å². The van der Waals surface area contributed by atoms with Crippen LogP contribution in [-0.4, -0.2) is 36.9 Å². The molecule has 0 saturated carbocycles. The highest BCUT2D eigenvalue weighted by atomic mass is 16.6. The van der Waals surface area contributed by atoms with Crippen molar-refractivity contribution in [3.8, 4) is 11.5 Å². The van der Waals surface area contributed by atoms with Crippen molar-refractivity contribution in [3.05, 3.63) is 18.2 Å². The predicted molar refractivity (Wildman–Crippen MR) is 62.1 cm³/mol. The van der Waals surface area contributed by atoms with Crippen molar-refractivity contribution in [1.82, 2.24) is 5.32 Å². The molecule has 0 atom stereocenters. The van der Waals surface area contributed by atoms with Gasteiger partial charge >= 0.3 is 12.0 Å². The molecule has 0 aliphatic carbocycles. The van der Waals surface area contributed by atoms with Crippen molar-refractivity contribution in [1.29, 1.82) is 0 Å². The number of hydrogen-bond donors (Lipinski definition) is 3. The highest BCUT2D eigenvalue weighted by Gasteiger charge is 2.12. The van der Waals surface area contributed by atoms with Crippen LogP contribution in [0.1, 0.15) is 0 Å². The summed E-state index contributed by atoms with van der Waals surface area (Å²) in [4.78, 5) is 21.6. The molecule has 1 aromatic carbocycles. The van der Waals surface area contributed by atoms with Crippen LogP contribution in [0.3, 0.4) is 0 Å². The maximum Gasteiger partial charge on any atom is 0.323 e. The fraction of sp³-hybridized carbons (Fsp3) is 0.273. The lowest BCUT2D eigenvalue weighted by Gasteiger charge is -2.19. The van der Waals surface area contributed by atoms with Gasteiger partial charge in [-0.3, -0.25) is 4.79 Å². The van der Waals surface area contributed by atoms with E-state index >= 15 is 0 Å². The van der Waals surface area contributed by atoms with E-state index in [0.717, 1.165) is 0 Å². The average molecular weight is 252 g/mol. The molecule has 1 heterocycles. The molecule has 7 heteroatoms. The molecule has 96 valence electrons. The average Bonchev–Trinajstić information content (AvgIpc) is 2.36. The Balaban J connectivity index is 1.97. The number of benzene rings is 1. The van der Waals surface area contributed by atoms with Crippen molar-refractivity contribution in [3.63, 3.8) is 0 Å². The molecule has 0 unspecified atom stereocenters. The van der Waals surface area contributed by atoms with Crippen molar-refractivity contribution >= 4 is 17.7 Å². The zero-order chi connectivity index (χ0) is 13.0. The maximum atomic E-state index is 11.3. The molecule has 18 heavy (non-hydrogen) atoms. The number of amides is 2. The first kappa shape index (κ1) is 12.0. The number of anilines is 1. The van der Waals surface area contributed by atoms with Crippen LogP contribution in [0.5, 0.6) is 11.5 Å². The Morgan fingerprint density at radius 3 is 2.67 bits per heavy atom. The molecule has 1 aliphatic heterocycles. The maximum absolute atomic E-state index is 11.3. The third-order valence-electron chi connectivity index (χ3n) is 2.20. The topological polar surface area (TPSA) is 96.9 Å². The first-order valence-corrected chi connectivity index (χ1v) is 5.31. The molecule has 2 amide bonds. The van der Waals surface area contributed by atoms with Crippen molar-refractivity contribution in [2.75, 3.05) is 25.1 Å². The van der Waals surface area contributed by atoms with Gasteiger partial charge in [-0.2, -0.15) is 0 Å². The Morgan fingerprint density at radius 1 is 1.22 bits per heavy atom. The second kappa shape index (κ2) is 5.26. The SMILES string of the molecule is O=C(O)CNC(=O)Nc1ccc2c(c1)OCCO2. The van der Waals surface area contributed by atoms with E-state index in [4.69, 9.17) is 14.6 Å². The van der Waals surface area contributed by atoms with Gasteiger partial charge in [-0.05, 0) is 12.1 Å². The number of rotatable bonds is 3. The molecule has 0 saturated heterocycles. The van der Waals surface area contributed by atoms with E-state index in [9.17, 15) is 9.59 Å². The molecule has 0 aromatic heterocycles. The quantitative estimate of drug-likeness (QED) is 0.734. The Labute approximate surface area is 103 Å². The summed E-state index contributed by atoms with van der Waals surface area (Å²) in [5.74, 6) is 0.0716. The number of urea groups is 1. The summed E-state index contributed by atoms with van der Waals surface area (Å²) in [6.45, 7) is 0.525. The molecule has 0 bridgehead atoms. The number of carboxylic acids is 1. The summed E-state index contributed by atoms with van der Waals surface area (Å²) in [5, 5.41) is 13.1. The lowest BCUT2D eigenvalue weighted by molar-refractivity contribution is -0.135. The zero-order valence-electron chi connectivity index (χ0n) is 9.43. The van der Waals surface area contributed by atoms with Gasteiger partial charge in [0.05, 0.1) is 0 Å². The number of nitrogens with one attached hydrogen (secondary N) is 2. The van der Waals surface area contributed by atoms with E-state index in [1.54, 1.807) is 18.2 Å². The number of carbonyl (C=O) groups excluding carboxylic acids is 1. The minimum atomic E-state index is -1.10. The summed E-state index contributed by atoms with van der Waals surface area (Å²) in [7, 11) is 0. The number of carboxylic acid groups (broad SMARTS) is 1. The summed E-state index contributed by atoms with van der Waals surface area (Å²) in [6, 6.07) is 4.36. The van der Waals surface area contributed by atoms with Crippen LogP contribution in [0.15, 0.2) is 18.2 Å². The molecule has 7 nitrogen and oxygen atoms in total. The van der Waals surface area contributed by atoms with Crippen LogP contribution in [0, 0.1) is 0 Å². The van der Waals surface area contributed by atoms with Crippen LogP contribution < -0.4 is 20.1 Å². The van der Waals surface area contributed by atoms with Gasteiger partial charge in [0, 0.05) is 11.8 Å². The smallest absolute Gasteiger partial charge is 0.323 e. The molecule has 0 radical (unpaired) electrons. The molecule has 0 spiro atoms. The summed E-state index contributed by atoms with van der Waals surface area (Å²) in [5.41, 5.74) is 0.502. The largest absolute Gasteiger partial charge is 0.486 e. The van der Waals surface area contributed by atoms with Gasteiger partial charge in [0.1, 0.15) is 19.8 Å². The Hall–Kier alpha value is -2.44. The first-order valence-electron chi connectivity index (χ1n) is 5.31. The van der Waals surface area contributed by atoms with Gasteiger partial charge < -0.3 is 25.2 Å². The highest BCUT2D eigenvalue weighted by molar-refractivity contribution is 5.91. The van der Waals surface area contributed by atoms with Crippen LogP contribution >= 0.6 is 0 Å². The van der Waals surface area contributed by atoms with E-state index in [2.05, 4.69) is 10.6 Å². The monoisotopic (exact) mass is 252 g/mol. The number of fused-ring (bicyclic) bond motifs is 1. The third kappa shape index (κ3) is 3.03. The van der Waals surface area contributed by atoms with Crippen molar-refractivity contribution < 1.29 is 24.2 Å². The molecule has 3 N–H and O–H groups in total. The zero-order valence-corrected chi connectivity index (χ0v) is 9.43. The lowest BCUT2D eigenvalue weighted by Crippen LogP contribution is -2.33. The van der Waals surface area contributed by atoms with Gasteiger partial charge in [0.25, 0.3) is 0 Å². The van der Waals surface area contributed by atoms with Gasteiger partial charge in [0.15, 0.2) is 11.5 Å². The summed E-state index contributed by atoms with van der Waals surface area (Å²) in [6.07, 6.45) is 0. The summed E-state index contributed by atoms with van der Waals surface area (Å²) >= 11 is 0. The third-order valence-corrected chi connectivity index (χ3v) is 2.20. The first-order chi connectivity index (χ1) is 8.65. The fourth-order valence-electron chi connectivity index (χ4n) is 1.45. The normalized spacial score (nSPS) is 12.7. The number of aliphatic carboxylic acids is 1. The van der Waals surface area contributed by atoms with Gasteiger partial charge in [-0.15, -0.1) is 0 Å². The molecular formula is C11H12N2O5.